The number of aromatic amines is 1. The van der Waals surface area contributed by atoms with E-state index in [1.807, 2.05) is 48.5 Å². The van der Waals surface area contributed by atoms with Crippen molar-refractivity contribution in [3.8, 4) is 0 Å². The molecule has 0 radical (unpaired) electrons. The lowest BCUT2D eigenvalue weighted by Gasteiger charge is -2.04. The second-order valence-electron chi connectivity index (χ2n) is 5.11. The Bertz CT molecular complexity index is 764. The lowest BCUT2D eigenvalue weighted by atomic mass is 10.1. The van der Waals surface area contributed by atoms with Crippen LogP contribution in [0.25, 0.3) is 11.0 Å². The summed E-state index contributed by atoms with van der Waals surface area (Å²) in [6, 6.07) is 15.7. The van der Waals surface area contributed by atoms with E-state index in [1.165, 1.54) is 0 Å². The van der Waals surface area contributed by atoms with Gasteiger partial charge in [0.1, 0.15) is 5.82 Å². The van der Waals surface area contributed by atoms with Crippen LogP contribution >= 0.6 is 15.9 Å². The van der Waals surface area contributed by atoms with Crippen LogP contribution < -0.4 is 5.32 Å². The number of carbonyl (C=O) groups excluding carboxylic acids is 1. The Balaban J connectivity index is 1.51. The van der Waals surface area contributed by atoms with Crippen molar-refractivity contribution in [1.82, 2.24) is 15.3 Å². The number of H-pyrrole nitrogens is 1. The number of para-hydroxylation sites is 2. The molecule has 0 aliphatic carbocycles. The van der Waals surface area contributed by atoms with E-state index in [4.69, 9.17) is 0 Å². The summed E-state index contributed by atoms with van der Waals surface area (Å²) in [5.74, 6) is 0.915. The van der Waals surface area contributed by atoms with Gasteiger partial charge in [-0.15, -0.1) is 0 Å². The summed E-state index contributed by atoms with van der Waals surface area (Å²) in [4.78, 5) is 19.7. The number of nitrogens with zero attached hydrogens (tertiary/aromatic N) is 1. The molecule has 2 aromatic carbocycles. The predicted molar refractivity (Wildman–Crippen MR) is 90.7 cm³/mol. The first-order chi connectivity index (χ1) is 10.7. The van der Waals surface area contributed by atoms with E-state index >= 15 is 0 Å². The molecule has 0 saturated carbocycles. The van der Waals surface area contributed by atoms with Crippen molar-refractivity contribution in [2.75, 3.05) is 6.54 Å². The summed E-state index contributed by atoms with van der Waals surface area (Å²) in [5.41, 5.74) is 2.98. The lowest BCUT2D eigenvalue weighted by molar-refractivity contribution is -0.120. The van der Waals surface area contributed by atoms with Gasteiger partial charge in [0.2, 0.25) is 5.91 Å². The smallest absolute Gasteiger partial charge is 0.224 e. The van der Waals surface area contributed by atoms with Crippen molar-refractivity contribution in [1.29, 1.82) is 0 Å². The zero-order chi connectivity index (χ0) is 15.4. The van der Waals surface area contributed by atoms with Gasteiger partial charge in [0, 0.05) is 17.4 Å². The fourth-order valence-electron chi connectivity index (χ4n) is 2.34. The number of nitrogens with one attached hydrogen (secondary N) is 2. The Morgan fingerprint density at radius 3 is 2.86 bits per heavy atom. The molecular weight excluding hydrogens is 342 g/mol. The van der Waals surface area contributed by atoms with Crippen LogP contribution in [-0.4, -0.2) is 22.4 Å². The van der Waals surface area contributed by atoms with Crippen LogP contribution in [-0.2, 0) is 17.6 Å². The summed E-state index contributed by atoms with van der Waals surface area (Å²) >= 11 is 3.41. The molecule has 0 saturated heterocycles. The average molecular weight is 358 g/mol. The average Bonchev–Trinajstić information content (AvgIpc) is 2.90. The number of hydrogen-bond donors (Lipinski definition) is 2. The minimum absolute atomic E-state index is 0.0224. The first-order valence-corrected chi connectivity index (χ1v) is 7.95. The van der Waals surface area contributed by atoms with Gasteiger partial charge in [-0.2, -0.15) is 0 Å². The van der Waals surface area contributed by atoms with Crippen LogP contribution in [0.3, 0.4) is 0 Å². The molecule has 0 spiro atoms. The maximum absolute atomic E-state index is 11.9. The third kappa shape index (κ3) is 3.74. The number of aromatic nitrogens is 2. The van der Waals surface area contributed by atoms with E-state index in [9.17, 15) is 4.79 Å². The summed E-state index contributed by atoms with van der Waals surface area (Å²) < 4.78 is 0.986. The van der Waals surface area contributed by atoms with Gasteiger partial charge in [-0.3, -0.25) is 4.79 Å². The first kappa shape index (κ1) is 14.8. The van der Waals surface area contributed by atoms with E-state index in [0.29, 0.717) is 19.4 Å². The summed E-state index contributed by atoms with van der Waals surface area (Å²) in [7, 11) is 0. The van der Waals surface area contributed by atoms with Crippen LogP contribution in [0.5, 0.6) is 0 Å². The highest BCUT2D eigenvalue weighted by molar-refractivity contribution is 9.10. The van der Waals surface area contributed by atoms with Gasteiger partial charge in [-0.1, -0.05) is 40.2 Å². The number of hydrogen-bond acceptors (Lipinski definition) is 2. The molecule has 3 aromatic rings. The number of carbonyl (C=O) groups is 1. The number of amides is 1. The molecule has 0 fully saturated rings. The maximum atomic E-state index is 11.9. The van der Waals surface area contributed by atoms with Crippen LogP contribution in [0.4, 0.5) is 0 Å². The normalized spacial score (nSPS) is 10.8. The van der Waals surface area contributed by atoms with E-state index in [1.54, 1.807) is 0 Å². The molecule has 4 nitrogen and oxygen atoms in total. The fourth-order valence-corrected chi connectivity index (χ4v) is 2.79. The molecule has 0 aliphatic rings. The van der Waals surface area contributed by atoms with Crippen LogP contribution in [0.1, 0.15) is 11.4 Å². The van der Waals surface area contributed by atoms with Crippen LogP contribution in [0.2, 0.25) is 0 Å². The zero-order valence-corrected chi connectivity index (χ0v) is 13.6. The second kappa shape index (κ2) is 6.75. The summed E-state index contributed by atoms with van der Waals surface area (Å²) in [6.07, 6.45) is 1.08. The van der Waals surface area contributed by atoms with E-state index in [-0.39, 0.29) is 5.91 Å². The predicted octanol–water partition coefficient (Wildman–Crippen LogP) is 3.23. The lowest BCUT2D eigenvalue weighted by Crippen LogP contribution is -2.27. The van der Waals surface area contributed by atoms with Crippen LogP contribution in [0.15, 0.2) is 53.0 Å². The number of fused-ring (bicyclic) bond motifs is 1. The van der Waals surface area contributed by atoms with Crippen molar-refractivity contribution >= 4 is 32.9 Å². The largest absolute Gasteiger partial charge is 0.355 e. The molecule has 1 amide bonds. The number of halogens is 1. The standard InChI is InChI=1S/C17H16BrN3O/c18-13-5-3-4-12(10-13)11-17(22)19-9-8-16-20-14-6-1-2-7-15(14)21-16/h1-7,10H,8-9,11H2,(H,19,22)(H,20,21). The van der Waals surface area contributed by atoms with E-state index in [0.717, 1.165) is 26.9 Å². The summed E-state index contributed by atoms with van der Waals surface area (Å²) in [5, 5.41) is 2.93. The van der Waals surface area contributed by atoms with Crippen molar-refractivity contribution in [2.24, 2.45) is 0 Å². The highest BCUT2D eigenvalue weighted by atomic mass is 79.9. The van der Waals surface area contributed by atoms with Crippen molar-refractivity contribution < 1.29 is 4.79 Å². The quantitative estimate of drug-likeness (QED) is 0.736. The Morgan fingerprint density at radius 2 is 2.05 bits per heavy atom. The van der Waals surface area contributed by atoms with Gasteiger partial charge in [0.05, 0.1) is 17.5 Å². The minimum atomic E-state index is 0.0224. The molecule has 0 bridgehead atoms. The number of rotatable bonds is 5. The monoisotopic (exact) mass is 357 g/mol. The second-order valence-corrected chi connectivity index (χ2v) is 6.02. The molecule has 0 atom stereocenters. The Labute approximate surface area is 137 Å². The van der Waals surface area contributed by atoms with Crippen molar-refractivity contribution in [3.63, 3.8) is 0 Å². The Kier molecular flexibility index (Phi) is 4.53. The van der Waals surface area contributed by atoms with Crippen molar-refractivity contribution in [2.45, 2.75) is 12.8 Å². The van der Waals surface area contributed by atoms with Gasteiger partial charge in [0.25, 0.3) is 0 Å². The van der Waals surface area contributed by atoms with Gasteiger partial charge in [-0.05, 0) is 29.8 Å². The first-order valence-electron chi connectivity index (χ1n) is 7.15. The minimum Gasteiger partial charge on any atom is -0.355 e. The number of imidazole rings is 1. The molecule has 0 unspecified atom stereocenters. The third-order valence-electron chi connectivity index (χ3n) is 3.38. The highest BCUT2D eigenvalue weighted by Crippen LogP contribution is 2.12. The number of benzene rings is 2. The molecule has 2 N–H and O–H groups in total. The highest BCUT2D eigenvalue weighted by Gasteiger charge is 2.05. The molecule has 22 heavy (non-hydrogen) atoms. The Hall–Kier alpha value is -2.14. The summed E-state index contributed by atoms with van der Waals surface area (Å²) in [6.45, 7) is 0.576. The fraction of sp³-hybridized carbons (Fsp3) is 0.176. The van der Waals surface area contributed by atoms with E-state index in [2.05, 4.69) is 31.2 Å². The van der Waals surface area contributed by atoms with Gasteiger partial charge < -0.3 is 10.3 Å². The van der Waals surface area contributed by atoms with E-state index < -0.39 is 0 Å². The molecule has 1 aromatic heterocycles. The van der Waals surface area contributed by atoms with Crippen LogP contribution in [0, 0.1) is 0 Å². The molecule has 3 rings (SSSR count). The SMILES string of the molecule is O=C(Cc1cccc(Br)c1)NCCc1nc2ccccc2[nH]1. The topological polar surface area (TPSA) is 57.8 Å². The third-order valence-corrected chi connectivity index (χ3v) is 3.87. The van der Waals surface area contributed by atoms with Gasteiger partial charge >= 0.3 is 0 Å². The van der Waals surface area contributed by atoms with Gasteiger partial charge in [-0.25, -0.2) is 4.98 Å². The molecule has 112 valence electrons. The van der Waals surface area contributed by atoms with Crippen molar-refractivity contribution in [3.05, 3.63) is 64.4 Å². The van der Waals surface area contributed by atoms with Gasteiger partial charge in [0.15, 0.2) is 0 Å². The molecular formula is C17H16BrN3O. The molecule has 5 heteroatoms. The zero-order valence-electron chi connectivity index (χ0n) is 12.0. The molecule has 1 heterocycles. The molecule has 0 aliphatic heterocycles. The maximum Gasteiger partial charge on any atom is 0.224 e. The Morgan fingerprint density at radius 1 is 1.18 bits per heavy atom.